The van der Waals surface area contributed by atoms with Gasteiger partial charge in [-0.1, -0.05) is 42.5 Å². The van der Waals surface area contributed by atoms with Crippen molar-refractivity contribution in [3.8, 4) is 10.4 Å². The van der Waals surface area contributed by atoms with Gasteiger partial charge in [-0.2, -0.15) is 0 Å². The van der Waals surface area contributed by atoms with Crippen LogP contribution in [0.1, 0.15) is 27.7 Å². The zero-order valence-corrected chi connectivity index (χ0v) is 15.3. The third-order valence-corrected chi connectivity index (χ3v) is 6.15. The molecule has 4 heteroatoms. The van der Waals surface area contributed by atoms with E-state index in [9.17, 15) is 0 Å². The number of hydrogen-bond donors (Lipinski definition) is 0. The highest BCUT2D eigenvalue weighted by molar-refractivity contribution is 7.13. The Morgan fingerprint density at radius 2 is 1.46 bits per heavy atom. The largest absolute Gasteiger partial charge is 0.495 e. The predicted molar refractivity (Wildman–Crippen MR) is 103 cm³/mol. The zero-order valence-electron chi connectivity index (χ0n) is 14.5. The molecule has 0 atom stereocenters. The van der Waals surface area contributed by atoms with Crippen LogP contribution in [0.2, 0.25) is 0 Å². The molecular weight excluding hydrogens is 315 g/mol. The van der Waals surface area contributed by atoms with Crippen LogP contribution in [0.15, 0.2) is 53.9 Å². The molecule has 1 aromatic heterocycles. The quantitative estimate of drug-likeness (QED) is 0.622. The summed E-state index contributed by atoms with van der Waals surface area (Å²) in [6.07, 6.45) is 0. The van der Waals surface area contributed by atoms with Crippen molar-refractivity contribution in [1.29, 1.82) is 0 Å². The highest BCUT2D eigenvalue weighted by atomic mass is 32.1. The van der Waals surface area contributed by atoms with E-state index in [2.05, 4.69) is 81.6 Å². The van der Waals surface area contributed by atoms with Gasteiger partial charge in [0.25, 0.3) is 0 Å². The Bertz CT molecular complexity index is 868. The first kappa shape index (κ1) is 15.9. The van der Waals surface area contributed by atoms with E-state index >= 15 is 0 Å². The van der Waals surface area contributed by atoms with Crippen molar-refractivity contribution in [2.24, 2.45) is 0 Å². The summed E-state index contributed by atoms with van der Waals surface area (Å²) in [7, 11) is -0.336. The van der Waals surface area contributed by atoms with Gasteiger partial charge in [-0.3, -0.25) is 0 Å². The van der Waals surface area contributed by atoms with Gasteiger partial charge < -0.3 is 9.31 Å². The fraction of sp³-hybridized carbons (Fsp3) is 0.300. The molecule has 0 spiro atoms. The van der Waals surface area contributed by atoms with Crippen LogP contribution < -0.4 is 5.46 Å². The molecule has 2 nitrogen and oxygen atoms in total. The van der Waals surface area contributed by atoms with E-state index in [1.165, 1.54) is 21.2 Å². The van der Waals surface area contributed by atoms with Crippen molar-refractivity contribution < 1.29 is 9.31 Å². The topological polar surface area (TPSA) is 18.5 Å². The minimum Gasteiger partial charge on any atom is -0.399 e. The summed E-state index contributed by atoms with van der Waals surface area (Å²) in [6.45, 7) is 8.37. The Morgan fingerprint density at radius 3 is 2.08 bits per heavy atom. The minimum absolute atomic E-state index is 0.328. The van der Waals surface area contributed by atoms with E-state index in [1.807, 2.05) is 0 Å². The third-order valence-electron chi connectivity index (χ3n) is 5.25. The van der Waals surface area contributed by atoms with Crippen LogP contribution in [-0.2, 0) is 9.31 Å². The molecule has 1 aliphatic rings. The van der Waals surface area contributed by atoms with Crippen LogP contribution >= 0.6 is 11.3 Å². The zero-order chi connectivity index (χ0) is 16.9. The number of hydrogen-bond acceptors (Lipinski definition) is 3. The highest BCUT2D eigenvalue weighted by Crippen LogP contribution is 2.38. The van der Waals surface area contributed by atoms with Gasteiger partial charge in [-0.25, -0.2) is 0 Å². The van der Waals surface area contributed by atoms with Crippen LogP contribution in [0, 0.1) is 0 Å². The second-order valence-corrected chi connectivity index (χ2v) is 8.26. The van der Waals surface area contributed by atoms with Crippen molar-refractivity contribution in [2.45, 2.75) is 38.9 Å². The van der Waals surface area contributed by atoms with Crippen LogP contribution in [0.3, 0.4) is 0 Å². The summed E-state index contributed by atoms with van der Waals surface area (Å²) in [6, 6.07) is 17.1. The van der Waals surface area contributed by atoms with Crippen molar-refractivity contribution >= 4 is 34.7 Å². The minimum atomic E-state index is -0.336. The average Bonchev–Trinajstić information content (AvgIpc) is 3.13. The molecule has 0 bridgehead atoms. The summed E-state index contributed by atoms with van der Waals surface area (Å²) < 4.78 is 12.5. The van der Waals surface area contributed by atoms with E-state index in [-0.39, 0.29) is 18.3 Å². The molecular formula is C20H21BO2S. The predicted octanol–water partition coefficient (Wildman–Crippen LogP) is 4.87. The summed E-state index contributed by atoms with van der Waals surface area (Å²) in [5, 5.41) is 4.56. The van der Waals surface area contributed by atoms with Gasteiger partial charge in [0.1, 0.15) is 0 Å². The third kappa shape index (κ3) is 2.41. The molecule has 2 heterocycles. The Kier molecular flexibility index (Phi) is 3.61. The van der Waals surface area contributed by atoms with Crippen LogP contribution in [0.5, 0.6) is 0 Å². The van der Waals surface area contributed by atoms with Gasteiger partial charge in [0.15, 0.2) is 0 Å². The number of fused-ring (bicyclic) bond motifs is 1. The van der Waals surface area contributed by atoms with Crippen LogP contribution in [0.25, 0.3) is 21.2 Å². The fourth-order valence-corrected chi connectivity index (χ4v) is 3.91. The van der Waals surface area contributed by atoms with Gasteiger partial charge >= 0.3 is 7.12 Å². The maximum atomic E-state index is 6.27. The molecule has 122 valence electrons. The van der Waals surface area contributed by atoms with Gasteiger partial charge in [0, 0.05) is 4.88 Å². The molecule has 1 fully saturated rings. The SMILES string of the molecule is CC1(C)OB(c2ccc(-c3cccs3)c3ccccc23)OC1(C)C. The van der Waals surface area contributed by atoms with Crippen molar-refractivity contribution in [2.75, 3.05) is 0 Å². The molecule has 0 amide bonds. The molecule has 1 aliphatic heterocycles. The van der Waals surface area contributed by atoms with Crippen LogP contribution in [0.4, 0.5) is 0 Å². The Balaban J connectivity index is 1.86. The molecule has 0 N–H and O–H groups in total. The fourth-order valence-electron chi connectivity index (χ4n) is 3.14. The molecule has 1 saturated heterocycles. The number of rotatable bonds is 2. The summed E-state index contributed by atoms with van der Waals surface area (Å²) in [5.41, 5.74) is 1.71. The van der Waals surface area contributed by atoms with E-state index in [0.29, 0.717) is 0 Å². The smallest absolute Gasteiger partial charge is 0.399 e. The standard InChI is InChI=1S/C20H21BO2S/c1-19(2)20(3,4)23-21(22-19)17-12-11-16(18-10-7-13-24-18)14-8-5-6-9-15(14)17/h5-13H,1-4H3. The first-order valence-corrected chi connectivity index (χ1v) is 9.18. The Labute approximate surface area is 147 Å². The van der Waals surface area contributed by atoms with E-state index in [0.717, 1.165) is 5.46 Å². The lowest BCUT2D eigenvalue weighted by atomic mass is 9.75. The van der Waals surface area contributed by atoms with Crippen molar-refractivity contribution in [1.82, 2.24) is 0 Å². The summed E-state index contributed by atoms with van der Waals surface area (Å²) >= 11 is 1.77. The maximum absolute atomic E-state index is 6.27. The lowest BCUT2D eigenvalue weighted by Gasteiger charge is -2.32. The van der Waals surface area contributed by atoms with E-state index < -0.39 is 0 Å². The molecule has 4 rings (SSSR count). The van der Waals surface area contributed by atoms with Crippen molar-refractivity contribution in [3.63, 3.8) is 0 Å². The van der Waals surface area contributed by atoms with Gasteiger partial charge in [-0.05, 0) is 60.9 Å². The second kappa shape index (κ2) is 5.45. The first-order valence-electron chi connectivity index (χ1n) is 8.30. The Morgan fingerprint density at radius 1 is 0.792 bits per heavy atom. The highest BCUT2D eigenvalue weighted by Gasteiger charge is 2.52. The normalized spacial score (nSPS) is 19.1. The lowest BCUT2D eigenvalue weighted by Crippen LogP contribution is -2.41. The summed E-state index contributed by atoms with van der Waals surface area (Å²) in [5.74, 6) is 0. The maximum Gasteiger partial charge on any atom is 0.495 e. The summed E-state index contributed by atoms with van der Waals surface area (Å²) in [4.78, 5) is 1.28. The van der Waals surface area contributed by atoms with Crippen molar-refractivity contribution in [3.05, 3.63) is 53.9 Å². The molecule has 0 unspecified atom stereocenters. The van der Waals surface area contributed by atoms with Gasteiger partial charge in [-0.15, -0.1) is 11.3 Å². The van der Waals surface area contributed by atoms with Gasteiger partial charge in [0.2, 0.25) is 0 Å². The number of benzene rings is 2. The second-order valence-electron chi connectivity index (χ2n) is 7.31. The van der Waals surface area contributed by atoms with Gasteiger partial charge in [0.05, 0.1) is 11.2 Å². The molecule has 0 radical (unpaired) electrons. The molecule has 3 aromatic rings. The molecule has 0 saturated carbocycles. The van der Waals surface area contributed by atoms with E-state index in [4.69, 9.17) is 9.31 Å². The molecule has 0 aliphatic carbocycles. The van der Waals surface area contributed by atoms with Crippen LogP contribution in [-0.4, -0.2) is 18.3 Å². The monoisotopic (exact) mass is 336 g/mol. The molecule has 2 aromatic carbocycles. The lowest BCUT2D eigenvalue weighted by molar-refractivity contribution is 0.00578. The average molecular weight is 336 g/mol. The van der Waals surface area contributed by atoms with E-state index in [1.54, 1.807) is 11.3 Å². The number of thiophene rings is 1. The molecule has 24 heavy (non-hydrogen) atoms. The first-order chi connectivity index (χ1) is 11.4. The Hall–Kier alpha value is -1.62.